The SMILES string of the molecule is C[C@@H]1O[C@@H](O[C@H]2[C@H](O)[C@@H](O)[C@H](OC[C@H]3O[C@@H](OC(=O)[C@]45CCC(C)(C)C[C@H]4C4=CC[C@@H]6[C@@]7(C)CC[C@H](O[C@@H]8O[C@H](C(=O)O)[C@@H](O)[C@H](O)[C@H]8O)[C@@](C)(CO)[C@@H]7CC[C@@]6(C)[C@]4(C)CC5)[C@H](O)[C@@H](O)[C@@H]3O)O[C@@H]2CO)[C@H](O)[C@H](O)[C@H]1O. The highest BCUT2D eigenvalue weighted by Gasteiger charge is 2.71. The fraction of sp³-hybridized carbons (Fsp3) is 0.926. The molecule has 14 N–H and O–H groups in total. The van der Waals surface area contributed by atoms with Gasteiger partial charge in [0.25, 0.3) is 0 Å². The number of ether oxygens (including phenoxy) is 8. The van der Waals surface area contributed by atoms with Crippen LogP contribution in [0.3, 0.4) is 0 Å². The summed E-state index contributed by atoms with van der Waals surface area (Å²) in [6.07, 6.45) is -26.0. The lowest BCUT2D eigenvalue weighted by atomic mass is 9.33. The summed E-state index contributed by atoms with van der Waals surface area (Å²) >= 11 is 0. The largest absolute Gasteiger partial charge is 0.479 e. The predicted molar refractivity (Wildman–Crippen MR) is 263 cm³/mol. The summed E-state index contributed by atoms with van der Waals surface area (Å²) in [7, 11) is 0. The number of carboxylic acid groups (broad SMARTS) is 1. The van der Waals surface area contributed by atoms with Gasteiger partial charge in [0.1, 0.15) is 85.5 Å². The fourth-order valence-electron chi connectivity index (χ4n) is 16.4. The first-order valence-electron chi connectivity index (χ1n) is 27.8. The van der Waals surface area contributed by atoms with Gasteiger partial charge in [-0.15, -0.1) is 0 Å². The zero-order valence-corrected chi connectivity index (χ0v) is 45.5. The number of esters is 1. The molecule has 8 fully saturated rings. The number of carboxylic acids is 1. The number of rotatable bonds is 12. The van der Waals surface area contributed by atoms with Crippen molar-refractivity contribution in [2.75, 3.05) is 19.8 Å². The van der Waals surface area contributed by atoms with E-state index in [0.29, 0.717) is 57.8 Å². The third-order valence-electron chi connectivity index (χ3n) is 21.5. The molecule has 0 amide bonds. The zero-order valence-electron chi connectivity index (χ0n) is 45.5. The van der Waals surface area contributed by atoms with Crippen molar-refractivity contribution in [2.45, 2.75) is 242 Å². The normalized spacial score (nSPS) is 54.1. The lowest BCUT2D eigenvalue weighted by molar-refractivity contribution is -0.361. The van der Waals surface area contributed by atoms with Crippen LogP contribution in [0.2, 0.25) is 0 Å². The molecule has 0 aromatic carbocycles. The molecule has 0 aromatic heterocycles. The third-order valence-corrected chi connectivity index (χ3v) is 21.5. The standard InChI is InChI=1S/C54H86O24/c1-22-30(57)32(59)37(64)45(72-22)76-41-25(19-55)73-44(40(67)36(41)63)71-20-26-31(58)33(60)38(65)46(74-26)78-48(70)54-16-14-49(2,3)18-24(54)23-8-9-28-50(4)12-11-29(75-47-39(66)34(61)35(62)42(77-47)43(68)69)51(5,21-56)27(50)10-13-53(28,7)52(23,6)15-17-54/h8,22,24-42,44-47,55-67H,9-21H2,1-7H3,(H,68,69)/t22-,24-,25+,26+,27+,28+,29-,30-,31+,32+,33-,34-,35-,36+,37+,38+,39+,40+,41+,42-,44+,45-,46-,47+,50-,51-,52+,53+,54-/m0/s1. The van der Waals surface area contributed by atoms with Crippen LogP contribution in [-0.4, -0.2) is 232 Å². The van der Waals surface area contributed by atoms with Crippen LogP contribution in [0.25, 0.3) is 0 Å². The molecule has 0 aromatic rings. The molecule has 0 spiro atoms. The van der Waals surface area contributed by atoms with E-state index < -0.39 is 170 Å². The van der Waals surface area contributed by atoms with E-state index in [9.17, 15) is 76.3 Å². The molecule has 4 saturated carbocycles. The Morgan fingerprint density at radius 3 is 1.87 bits per heavy atom. The molecule has 78 heavy (non-hydrogen) atoms. The molecular formula is C54H86O24. The van der Waals surface area contributed by atoms with Gasteiger partial charge in [-0.2, -0.15) is 0 Å². The van der Waals surface area contributed by atoms with Crippen LogP contribution in [-0.2, 0) is 47.5 Å². The fourth-order valence-corrected chi connectivity index (χ4v) is 16.4. The summed E-state index contributed by atoms with van der Waals surface area (Å²) in [5, 5.41) is 150. The highest BCUT2D eigenvalue weighted by atomic mass is 16.8. The molecule has 24 nitrogen and oxygen atoms in total. The highest BCUT2D eigenvalue weighted by molar-refractivity contribution is 5.79. The van der Waals surface area contributed by atoms with Crippen LogP contribution >= 0.6 is 0 Å². The van der Waals surface area contributed by atoms with Crippen molar-refractivity contribution in [2.24, 2.45) is 50.2 Å². The molecule has 9 rings (SSSR count). The molecule has 29 atom stereocenters. The van der Waals surface area contributed by atoms with Gasteiger partial charge in [-0.3, -0.25) is 4.79 Å². The molecule has 446 valence electrons. The van der Waals surface area contributed by atoms with Gasteiger partial charge in [0.05, 0.1) is 37.4 Å². The maximum Gasteiger partial charge on any atom is 0.335 e. The minimum atomic E-state index is -1.90. The van der Waals surface area contributed by atoms with Gasteiger partial charge in [0.2, 0.25) is 6.29 Å². The third kappa shape index (κ3) is 9.72. The number of aliphatic hydroxyl groups excluding tert-OH is 13. The lowest BCUT2D eigenvalue weighted by Gasteiger charge is -2.71. The quantitative estimate of drug-likeness (QED) is 0.0574. The van der Waals surface area contributed by atoms with Crippen LogP contribution in [0.15, 0.2) is 11.6 Å². The molecule has 4 aliphatic heterocycles. The Hall–Kier alpha value is -2.12. The average Bonchev–Trinajstić information content (AvgIpc) is 2.46. The molecular weight excluding hydrogens is 1030 g/mol. The van der Waals surface area contributed by atoms with Gasteiger partial charge in [-0.05, 0) is 111 Å². The maximum absolute atomic E-state index is 15.1. The Kier molecular flexibility index (Phi) is 16.9. The topological polar surface area (TPSA) is 391 Å². The van der Waals surface area contributed by atoms with E-state index in [1.54, 1.807) is 0 Å². The molecule has 4 heterocycles. The number of fused-ring (bicyclic) bond motifs is 7. The van der Waals surface area contributed by atoms with Gasteiger partial charge in [-0.1, -0.05) is 53.2 Å². The van der Waals surface area contributed by atoms with E-state index in [0.717, 1.165) is 6.42 Å². The van der Waals surface area contributed by atoms with Crippen LogP contribution in [0.4, 0.5) is 0 Å². The molecule has 9 aliphatic rings. The Labute approximate surface area is 453 Å². The number of hydrogen-bond donors (Lipinski definition) is 14. The number of aliphatic carboxylic acids is 1. The number of carbonyl (C=O) groups is 2. The second kappa shape index (κ2) is 21.8. The first-order valence-corrected chi connectivity index (χ1v) is 27.8. The monoisotopic (exact) mass is 1120 g/mol. The van der Waals surface area contributed by atoms with Crippen LogP contribution in [0, 0.1) is 50.2 Å². The summed E-state index contributed by atoms with van der Waals surface area (Å²) in [6, 6.07) is 0. The summed E-state index contributed by atoms with van der Waals surface area (Å²) < 4.78 is 46.7. The highest BCUT2D eigenvalue weighted by Crippen LogP contribution is 2.76. The van der Waals surface area contributed by atoms with Crippen LogP contribution < -0.4 is 0 Å². The molecule has 0 radical (unpaired) electrons. The van der Waals surface area contributed by atoms with Crippen molar-refractivity contribution in [1.82, 2.24) is 0 Å². The van der Waals surface area contributed by atoms with Crippen molar-refractivity contribution in [3.05, 3.63) is 11.6 Å². The van der Waals surface area contributed by atoms with Gasteiger partial charge in [0.15, 0.2) is 25.0 Å². The van der Waals surface area contributed by atoms with Crippen molar-refractivity contribution >= 4 is 11.9 Å². The van der Waals surface area contributed by atoms with E-state index in [1.165, 1.54) is 12.5 Å². The maximum atomic E-state index is 15.1. The predicted octanol–water partition coefficient (Wildman–Crippen LogP) is -1.94. The average molecular weight is 1120 g/mol. The summed E-state index contributed by atoms with van der Waals surface area (Å²) in [5.74, 6) is -2.43. The molecule has 0 bridgehead atoms. The smallest absolute Gasteiger partial charge is 0.335 e. The van der Waals surface area contributed by atoms with Gasteiger partial charge >= 0.3 is 11.9 Å². The van der Waals surface area contributed by atoms with Crippen molar-refractivity contribution < 1.29 is 119 Å². The van der Waals surface area contributed by atoms with E-state index >= 15 is 4.79 Å². The molecule has 4 saturated heterocycles. The first-order chi connectivity index (χ1) is 36.4. The van der Waals surface area contributed by atoms with E-state index in [4.69, 9.17) is 37.9 Å². The number of carbonyl (C=O) groups excluding carboxylic acids is 1. The van der Waals surface area contributed by atoms with Gasteiger partial charge in [-0.25, -0.2) is 4.79 Å². The lowest BCUT2D eigenvalue weighted by Crippen LogP contribution is -2.67. The van der Waals surface area contributed by atoms with Crippen molar-refractivity contribution in [1.29, 1.82) is 0 Å². The Bertz CT molecular complexity index is 2200. The second-order valence-corrected chi connectivity index (χ2v) is 26.2. The molecule has 24 heteroatoms. The molecule has 0 unspecified atom stereocenters. The van der Waals surface area contributed by atoms with Crippen molar-refractivity contribution in [3.63, 3.8) is 0 Å². The van der Waals surface area contributed by atoms with E-state index in [-0.39, 0.29) is 40.6 Å². The Morgan fingerprint density at radius 1 is 0.615 bits per heavy atom. The van der Waals surface area contributed by atoms with Gasteiger partial charge < -0.3 is 109 Å². The second-order valence-electron chi connectivity index (χ2n) is 26.2. The summed E-state index contributed by atoms with van der Waals surface area (Å²) in [6.45, 7) is 12.9. The summed E-state index contributed by atoms with van der Waals surface area (Å²) in [5.41, 5.74) is -2.01. The Morgan fingerprint density at radius 2 is 1.22 bits per heavy atom. The van der Waals surface area contributed by atoms with E-state index in [1.807, 2.05) is 6.92 Å². The molecule has 5 aliphatic carbocycles. The van der Waals surface area contributed by atoms with Crippen LogP contribution in [0.5, 0.6) is 0 Å². The van der Waals surface area contributed by atoms with E-state index in [2.05, 4.69) is 40.7 Å². The minimum absolute atomic E-state index is 0.0975. The van der Waals surface area contributed by atoms with Crippen molar-refractivity contribution in [3.8, 4) is 0 Å². The number of allylic oxidation sites excluding steroid dienone is 2. The van der Waals surface area contributed by atoms with Crippen LogP contribution in [0.1, 0.15) is 113 Å². The number of hydrogen-bond acceptors (Lipinski definition) is 23. The number of aliphatic hydroxyl groups is 13. The minimum Gasteiger partial charge on any atom is -0.479 e. The summed E-state index contributed by atoms with van der Waals surface area (Å²) in [4.78, 5) is 27.1. The van der Waals surface area contributed by atoms with Gasteiger partial charge in [0, 0.05) is 5.41 Å². The zero-order chi connectivity index (χ0) is 57.1. The first kappa shape index (κ1) is 60.5. The Balaban J connectivity index is 0.900.